The third-order valence-corrected chi connectivity index (χ3v) is 4.38. The molecule has 106 valence electrons. The Morgan fingerprint density at radius 3 is 1.76 bits per heavy atom. The van der Waals surface area contributed by atoms with Gasteiger partial charge in [0.1, 0.15) is 5.75 Å². The van der Waals surface area contributed by atoms with Gasteiger partial charge in [0.2, 0.25) is 0 Å². The van der Waals surface area contributed by atoms with Gasteiger partial charge in [0, 0.05) is 0 Å². The van der Waals surface area contributed by atoms with Crippen molar-refractivity contribution in [2.75, 3.05) is 7.11 Å². The van der Waals surface area contributed by atoms with Crippen molar-refractivity contribution in [3.63, 3.8) is 0 Å². The molecular weight excluding hydrogens is 256 g/mol. The molecule has 0 atom stereocenters. The van der Waals surface area contributed by atoms with Crippen LogP contribution < -0.4 is 4.74 Å². The van der Waals surface area contributed by atoms with Crippen molar-refractivity contribution in [2.24, 2.45) is 0 Å². The Morgan fingerprint density at radius 2 is 1.24 bits per heavy atom. The highest BCUT2D eigenvalue weighted by atomic mass is 16.5. The van der Waals surface area contributed by atoms with Crippen molar-refractivity contribution in [1.82, 2.24) is 0 Å². The number of hydrogen-bond acceptors (Lipinski definition) is 1. The first-order chi connectivity index (χ1) is 10.2. The Hall–Kier alpha value is -2.28. The van der Waals surface area contributed by atoms with Gasteiger partial charge in [0.05, 0.1) is 7.11 Å². The van der Waals surface area contributed by atoms with E-state index < -0.39 is 0 Å². The zero-order valence-corrected chi connectivity index (χ0v) is 12.8. The Bertz CT molecular complexity index is 703. The molecule has 0 spiro atoms. The Labute approximate surface area is 126 Å². The maximum atomic E-state index is 5.24. The summed E-state index contributed by atoms with van der Waals surface area (Å²) >= 11 is 0. The lowest BCUT2D eigenvalue weighted by Gasteiger charge is -2.08. The van der Waals surface area contributed by atoms with E-state index in [1.807, 2.05) is 12.1 Å². The standard InChI is InChI=1S/C20H20O/c1-14-15(2)20(17-9-11-18(21-3)12-10-17)13-19(14)16-7-5-4-6-8-16/h4-12H,13H2,1-3H3. The normalized spacial score (nSPS) is 14.8. The molecular formula is C20H20O. The smallest absolute Gasteiger partial charge is 0.118 e. The van der Waals surface area contributed by atoms with Gasteiger partial charge < -0.3 is 4.74 Å². The van der Waals surface area contributed by atoms with Crippen molar-refractivity contribution in [3.8, 4) is 5.75 Å². The molecule has 0 saturated carbocycles. The molecule has 0 N–H and O–H groups in total. The zero-order chi connectivity index (χ0) is 14.8. The van der Waals surface area contributed by atoms with E-state index in [1.54, 1.807) is 7.11 Å². The van der Waals surface area contributed by atoms with Gasteiger partial charge in [-0.15, -0.1) is 0 Å². The van der Waals surface area contributed by atoms with Crippen LogP contribution in [0.15, 0.2) is 65.7 Å². The van der Waals surface area contributed by atoms with E-state index in [0.29, 0.717) is 0 Å². The predicted octanol–water partition coefficient (Wildman–Crippen LogP) is 5.35. The van der Waals surface area contributed by atoms with Gasteiger partial charge >= 0.3 is 0 Å². The lowest BCUT2D eigenvalue weighted by atomic mass is 9.98. The Balaban J connectivity index is 1.93. The molecule has 3 rings (SSSR count). The van der Waals surface area contributed by atoms with Crippen molar-refractivity contribution >= 4 is 11.1 Å². The summed E-state index contributed by atoms with van der Waals surface area (Å²) in [5.74, 6) is 0.906. The SMILES string of the molecule is COc1ccc(C2=C(C)C(C)=C(c3ccccc3)C2)cc1. The van der Waals surface area contributed by atoms with Gasteiger partial charge in [-0.05, 0) is 65.8 Å². The van der Waals surface area contributed by atoms with E-state index >= 15 is 0 Å². The first-order valence-electron chi connectivity index (χ1n) is 7.30. The number of allylic oxidation sites excluding steroid dienone is 4. The first-order valence-corrected chi connectivity index (χ1v) is 7.30. The fourth-order valence-electron chi connectivity index (χ4n) is 2.96. The molecule has 0 aliphatic heterocycles. The van der Waals surface area contributed by atoms with E-state index in [2.05, 4.69) is 56.3 Å². The maximum Gasteiger partial charge on any atom is 0.118 e. The third-order valence-electron chi connectivity index (χ3n) is 4.38. The van der Waals surface area contributed by atoms with Gasteiger partial charge in [0.25, 0.3) is 0 Å². The average molecular weight is 276 g/mol. The minimum atomic E-state index is 0.906. The van der Waals surface area contributed by atoms with Crippen molar-refractivity contribution < 1.29 is 4.74 Å². The van der Waals surface area contributed by atoms with Crippen LogP contribution in [0.4, 0.5) is 0 Å². The molecule has 0 saturated heterocycles. The minimum Gasteiger partial charge on any atom is -0.497 e. The summed E-state index contributed by atoms with van der Waals surface area (Å²) in [4.78, 5) is 0. The molecule has 0 radical (unpaired) electrons. The van der Waals surface area contributed by atoms with Crippen LogP contribution in [0.3, 0.4) is 0 Å². The molecule has 1 aliphatic rings. The van der Waals surface area contributed by atoms with Gasteiger partial charge in [-0.3, -0.25) is 0 Å². The largest absolute Gasteiger partial charge is 0.497 e. The summed E-state index contributed by atoms with van der Waals surface area (Å²) in [6.45, 7) is 4.46. The first kappa shape index (κ1) is 13.7. The van der Waals surface area contributed by atoms with E-state index in [0.717, 1.165) is 12.2 Å². The molecule has 0 heterocycles. The number of methoxy groups -OCH3 is 1. The number of ether oxygens (including phenoxy) is 1. The molecule has 21 heavy (non-hydrogen) atoms. The quantitative estimate of drug-likeness (QED) is 0.734. The molecule has 2 aromatic carbocycles. The summed E-state index contributed by atoms with van der Waals surface area (Å²) in [6.07, 6.45) is 1.01. The minimum absolute atomic E-state index is 0.906. The zero-order valence-electron chi connectivity index (χ0n) is 12.8. The van der Waals surface area contributed by atoms with Crippen LogP contribution in [0.5, 0.6) is 5.75 Å². The second-order valence-corrected chi connectivity index (χ2v) is 5.48. The number of hydrogen-bond donors (Lipinski definition) is 0. The van der Waals surface area contributed by atoms with Crippen LogP contribution in [-0.4, -0.2) is 7.11 Å². The van der Waals surface area contributed by atoms with Crippen molar-refractivity contribution in [2.45, 2.75) is 20.3 Å². The monoisotopic (exact) mass is 276 g/mol. The van der Waals surface area contributed by atoms with Crippen LogP contribution in [0.2, 0.25) is 0 Å². The highest BCUT2D eigenvalue weighted by Crippen LogP contribution is 2.42. The molecule has 2 aromatic rings. The third kappa shape index (κ3) is 2.52. The van der Waals surface area contributed by atoms with E-state index in [9.17, 15) is 0 Å². The van der Waals surface area contributed by atoms with Gasteiger partial charge in [-0.1, -0.05) is 42.5 Å². The average Bonchev–Trinajstić information content (AvgIpc) is 2.84. The molecule has 1 heteroatoms. The second-order valence-electron chi connectivity index (χ2n) is 5.48. The summed E-state index contributed by atoms with van der Waals surface area (Å²) in [5, 5.41) is 0. The van der Waals surface area contributed by atoms with Crippen LogP contribution in [-0.2, 0) is 0 Å². The summed E-state index contributed by atoms with van der Waals surface area (Å²) < 4.78 is 5.24. The summed E-state index contributed by atoms with van der Waals surface area (Å²) in [7, 11) is 1.70. The summed E-state index contributed by atoms with van der Waals surface area (Å²) in [5.41, 5.74) is 8.30. The topological polar surface area (TPSA) is 9.23 Å². The van der Waals surface area contributed by atoms with Crippen LogP contribution in [0.25, 0.3) is 11.1 Å². The lowest BCUT2D eigenvalue weighted by molar-refractivity contribution is 0.415. The van der Waals surface area contributed by atoms with Gasteiger partial charge in [-0.2, -0.15) is 0 Å². The fraction of sp³-hybridized carbons (Fsp3) is 0.200. The molecule has 1 nitrogen and oxygen atoms in total. The van der Waals surface area contributed by atoms with Gasteiger partial charge in [0.15, 0.2) is 0 Å². The molecule has 0 aromatic heterocycles. The lowest BCUT2D eigenvalue weighted by Crippen LogP contribution is -1.87. The molecule has 0 unspecified atom stereocenters. The van der Waals surface area contributed by atoms with E-state index in [1.165, 1.54) is 33.4 Å². The van der Waals surface area contributed by atoms with Crippen LogP contribution in [0, 0.1) is 0 Å². The highest BCUT2D eigenvalue weighted by Gasteiger charge is 2.20. The van der Waals surface area contributed by atoms with Crippen molar-refractivity contribution in [3.05, 3.63) is 76.9 Å². The number of benzene rings is 2. The van der Waals surface area contributed by atoms with Crippen molar-refractivity contribution in [1.29, 1.82) is 0 Å². The van der Waals surface area contributed by atoms with Crippen LogP contribution >= 0.6 is 0 Å². The predicted molar refractivity (Wildman–Crippen MR) is 89.2 cm³/mol. The number of rotatable bonds is 3. The van der Waals surface area contributed by atoms with E-state index in [4.69, 9.17) is 4.74 Å². The summed E-state index contributed by atoms with van der Waals surface area (Å²) in [6, 6.07) is 19.0. The maximum absolute atomic E-state index is 5.24. The Kier molecular flexibility index (Phi) is 3.66. The highest BCUT2D eigenvalue weighted by molar-refractivity contribution is 5.91. The van der Waals surface area contributed by atoms with Crippen LogP contribution in [0.1, 0.15) is 31.4 Å². The molecule has 1 aliphatic carbocycles. The Morgan fingerprint density at radius 1 is 0.714 bits per heavy atom. The van der Waals surface area contributed by atoms with E-state index in [-0.39, 0.29) is 0 Å². The van der Waals surface area contributed by atoms with Gasteiger partial charge in [-0.25, -0.2) is 0 Å². The molecule has 0 bridgehead atoms. The molecule has 0 fully saturated rings. The second kappa shape index (κ2) is 5.61. The molecule has 0 amide bonds. The fourth-order valence-corrected chi connectivity index (χ4v) is 2.96.